The van der Waals surface area contributed by atoms with Crippen LogP contribution in [0.15, 0.2) is 0 Å². The molecule has 0 saturated carbocycles. The first-order valence-corrected chi connectivity index (χ1v) is 6.44. The highest BCUT2D eigenvalue weighted by Gasteiger charge is 2.11. The molecule has 0 rings (SSSR count). The first-order chi connectivity index (χ1) is 7.24. The lowest BCUT2D eigenvalue weighted by Gasteiger charge is -2.15. The highest BCUT2D eigenvalue weighted by atomic mass is 16.5. The Hall–Kier alpha value is -0.530. The first-order valence-electron chi connectivity index (χ1n) is 6.44. The Bertz CT molecular complexity index is 155. The Balaban J connectivity index is 3.60. The van der Waals surface area contributed by atoms with Gasteiger partial charge in [-0.05, 0) is 19.3 Å². The van der Waals surface area contributed by atoms with Crippen molar-refractivity contribution in [3.8, 4) is 0 Å². The lowest BCUT2D eigenvalue weighted by molar-refractivity contribution is -0.149. The highest BCUT2D eigenvalue weighted by molar-refractivity contribution is 5.69. The van der Waals surface area contributed by atoms with E-state index in [0.717, 1.165) is 38.5 Å². The number of hydrogen-bond donors (Lipinski definition) is 0. The fourth-order valence-electron chi connectivity index (χ4n) is 1.54. The second kappa shape index (κ2) is 10.0. The third-order valence-electron chi connectivity index (χ3n) is 2.62. The molecule has 0 radical (unpaired) electrons. The molecule has 15 heavy (non-hydrogen) atoms. The van der Waals surface area contributed by atoms with Crippen LogP contribution in [-0.4, -0.2) is 12.1 Å². The maximum absolute atomic E-state index is 11.4. The number of rotatable bonds is 9. The van der Waals surface area contributed by atoms with Gasteiger partial charge < -0.3 is 4.74 Å². The normalized spacial score (nSPS) is 12.5. The molecule has 2 heteroatoms. The van der Waals surface area contributed by atoms with Crippen LogP contribution in [0.25, 0.3) is 0 Å². The van der Waals surface area contributed by atoms with Crippen molar-refractivity contribution in [2.75, 3.05) is 0 Å². The average molecular weight is 214 g/mol. The predicted octanol–water partition coefficient (Wildman–Crippen LogP) is 4.08. The topological polar surface area (TPSA) is 26.3 Å². The van der Waals surface area contributed by atoms with Crippen molar-refractivity contribution in [2.45, 2.75) is 78.2 Å². The van der Waals surface area contributed by atoms with Gasteiger partial charge in [-0.25, -0.2) is 0 Å². The van der Waals surface area contributed by atoms with Crippen molar-refractivity contribution in [1.82, 2.24) is 0 Å². The van der Waals surface area contributed by atoms with Crippen LogP contribution in [0.5, 0.6) is 0 Å². The quantitative estimate of drug-likeness (QED) is 0.427. The van der Waals surface area contributed by atoms with Crippen molar-refractivity contribution in [2.24, 2.45) is 0 Å². The van der Waals surface area contributed by atoms with E-state index in [1.165, 1.54) is 6.42 Å². The molecule has 0 aliphatic carbocycles. The van der Waals surface area contributed by atoms with Crippen LogP contribution in [0, 0.1) is 0 Å². The largest absolute Gasteiger partial charge is 0.462 e. The number of carbonyl (C=O) groups excluding carboxylic acids is 1. The molecule has 0 aromatic rings. The van der Waals surface area contributed by atoms with Crippen LogP contribution in [0.1, 0.15) is 72.1 Å². The van der Waals surface area contributed by atoms with Crippen molar-refractivity contribution >= 4 is 5.97 Å². The molecule has 0 N–H and O–H groups in total. The van der Waals surface area contributed by atoms with Gasteiger partial charge in [0.1, 0.15) is 6.10 Å². The van der Waals surface area contributed by atoms with Gasteiger partial charge >= 0.3 is 5.97 Å². The van der Waals surface area contributed by atoms with Crippen molar-refractivity contribution < 1.29 is 9.53 Å². The molecule has 0 amide bonds. The summed E-state index contributed by atoms with van der Waals surface area (Å²) < 4.78 is 5.41. The minimum atomic E-state index is -0.00796. The summed E-state index contributed by atoms with van der Waals surface area (Å²) in [5.41, 5.74) is 0. The van der Waals surface area contributed by atoms with E-state index < -0.39 is 0 Å². The molecule has 0 saturated heterocycles. The van der Waals surface area contributed by atoms with E-state index in [0.29, 0.717) is 6.42 Å². The molecular formula is C13H26O2. The smallest absolute Gasteiger partial charge is 0.306 e. The molecule has 0 heterocycles. The number of esters is 1. The Morgan fingerprint density at radius 3 is 2.27 bits per heavy atom. The molecule has 0 fully saturated rings. The van der Waals surface area contributed by atoms with Gasteiger partial charge in [-0.2, -0.15) is 0 Å². The number of carbonyl (C=O) groups is 1. The Labute approximate surface area is 94.4 Å². The van der Waals surface area contributed by atoms with Gasteiger partial charge in [0.15, 0.2) is 0 Å². The summed E-state index contributed by atoms with van der Waals surface area (Å²) in [5, 5.41) is 0. The van der Waals surface area contributed by atoms with Crippen LogP contribution in [0.2, 0.25) is 0 Å². The summed E-state index contributed by atoms with van der Waals surface area (Å²) in [7, 11) is 0. The molecule has 90 valence electrons. The van der Waals surface area contributed by atoms with Crippen LogP contribution >= 0.6 is 0 Å². The summed E-state index contributed by atoms with van der Waals surface area (Å²) in [6.45, 7) is 6.39. The highest BCUT2D eigenvalue weighted by Crippen LogP contribution is 2.10. The predicted molar refractivity (Wildman–Crippen MR) is 63.8 cm³/mol. The van der Waals surface area contributed by atoms with E-state index in [9.17, 15) is 4.79 Å². The zero-order valence-corrected chi connectivity index (χ0v) is 10.6. The van der Waals surface area contributed by atoms with Gasteiger partial charge in [0.2, 0.25) is 0 Å². The maximum atomic E-state index is 11.4. The van der Waals surface area contributed by atoms with Crippen molar-refractivity contribution in [3.63, 3.8) is 0 Å². The molecule has 0 spiro atoms. The molecule has 0 unspecified atom stereocenters. The maximum Gasteiger partial charge on any atom is 0.306 e. The number of unbranched alkanes of at least 4 members (excludes halogenated alkanes) is 3. The molecule has 0 bridgehead atoms. The van der Waals surface area contributed by atoms with Crippen LogP contribution < -0.4 is 0 Å². The first kappa shape index (κ1) is 14.5. The van der Waals surface area contributed by atoms with Crippen LogP contribution in [0.4, 0.5) is 0 Å². The minimum Gasteiger partial charge on any atom is -0.462 e. The molecule has 0 aromatic carbocycles. The van der Waals surface area contributed by atoms with Crippen molar-refractivity contribution in [3.05, 3.63) is 0 Å². The summed E-state index contributed by atoms with van der Waals surface area (Å²) in [6.07, 6.45) is 8.28. The molecule has 0 aliphatic rings. The lowest BCUT2D eigenvalue weighted by Crippen LogP contribution is -2.17. The molecule has 2 nitrogen and oxygen atoms in total. The third-order valence-corrected chi connectivity index (χ3v) is 2.62. The average Bonchev–Trinajstić information content (AvgIpc) is 2.24. The molecule has 0 aromatic heterocycles. The van der Waals surface area contributed by atoms with E-state index in [1.54, 1.807) is 0 Å². The van der Waals surface area contributed by atoms with Gasteiger partial charge in [0.25, 0.3) is 0 Å². The molecule has 1 atom stereocenters. The summed E-state index contributed by atoms with van der Waals surface area (Å²) >= 11 is 0. The summed E-state index contributed by atoms with van der Waals surface area (Å²) in [6, 6.07) is 0. The summed E-state index contributed by atoms with van der Waals surface area (Å²) in [5.74, 6) is -0.00796. The van der Waals surface area contributed by atoms with E-state index in [1.807, 2.05) is 0 Å². The Morgan fingerprint density at radius 2 is 1.73 bits per heavy atom. The van der Waals surface area contributed by atoms with Crippen LogP contribution in [-0.2, 0) is 9.53 Å². The third kappa shape index (κ3) is 8.46. The Morgan fingerprint density at radius 1 is 1.07 bits per heavy atom. The SMILES string of the molecule is CCCCCC(=O)O[C@@H](CC)CCCC. The number of hydrogen-bond acceptors (Lipinski definition) is 2. The fraction of sp³-hybridized carbons (Fsp3) is 0.923. The van der Waals surface area contributed by atoms with Crippen LogP contribution in [0.3, 0.4) is 0 Å². The fourth-order valence-corrected chi connectivity index (χ4v) is 1.54. The van der Waals surface area contributed by atoms with Gasteiger partial charge in [0.05, 0.1) is 0 Å². The van der Waals surface area contributed by atoms with Gasteiger partial charge in [-0.1, -0.05) is 46.5 Å². The van der Waals surface area contributed by atoms with E-state index in [2.05, 4.69) is 20.8 Å². The van der Waals surface area contributed by atoms with Gasteiger partial charge in [-0.15, -0.1) is 0 Å². The standard InChI is InChI=1S/C13H26O2/c1-4-7-9-11-13(14)15-12(6-3)10-8-5-2/h12H,4-11H2,1-3H3/t12-/m0/s1. The monoisotopic (exact) mass is 214 g/mol. The molecular weight excluding hydrogens is 188 g/mol. The second-order valence-electron chi connectivity index (χ2n) is 4.12. The molecule has 0 aliphatic heterocycles. The zero-order chi connectivity index (χ0) is 11.5. The van der Waals surface area contributed by atoms with E-state index in [4.69, 9.17) is 4.74 Å². The lowest BCUT2D eigenvalue weighted by atomic mass is 10.1. The van der Waals surface area contributed by atoms with E-state index >= 15 is 0 Å². The Kier molecular flexibility index (Phi) is 9.65. The summed E-state index contributed by atoms with van der Waals surface area (Å²) in [4.78, 5) is 11.4. The van der Waals surface area contributed by atoms with E-state index in [-0.39, 0.29) is 12.1 Å². The number of ether oxygens (including phenoxy) is 1. The minimum absolute atomic E-state index is 0.00796. The zero-order valence-electron chi connectivity index (χ0n) is 10.6. The van der Waals surface area contributed by atoms with Gasteiger partial charge in [0, 0.05) is 6.42 Å². The van der Waals surface area contributed by atoms with Gasteiger partial charge in [-0.3, -0.25) is 4.79 Å². The second-order valence-corrected chi connectivity index (χ2v) is 4.12. The van der Waals surface area contributed by atoms with Crippen molar-refractivity contribution in [1.29, 1.82) is 0 Å².